The Labute approximate surface area is 103 Å². The molecule has 1 aliphatic heterocycles. The van der Waals surface area contributed by atoms with Gasteiger partial charge in [0.1, 0.15) is 0 Å². The van der Waals surface area contributed by atoms with E-state index in [9.17, 15) is 4.79 Å². The standard InChI is InChI=1S/C12H13N3OS/c16-11(14-7-8-5-13-6-8)12-15-9-3-1-2-4-10(9)17-12/h1-4,8,13H,5-7H2,(H,14,16). The van der Waals surface area contributed by atoms with Gasteiger partial charge in [-0.1, -0.05) is 12.1 Å². The summed E-state index contributed by atoms with van der Waals surface area (Å²) in [5.41, 5.74) is 0.896. The van der Waals surface area contributed by atoms with Crippen molar-refractivity contribution < 1.29 is 4.79 Å². The van der Waals surface area contributed by atoms with E-state index in [1.807, 2.05) is 24.3 Å². The lowest BCUT2D eigenvalue weighted by molar-refractivity contribution is 0.0942. The Morgan fingerprint density at radius 1 is 1.47 bits per heavy atom. The van der Waals surface area contributed by atoms with Gasteiger partial charge in [-0.05, 0) is 12.1 Å². The highest BCUT2D eigenvalue weighted by Gasteiger charge is 2.18. The highest BCUT2D eigenvalue weighted by atomic mass is 32.1. The molecule has 1 saturated heterocycles. The summed E-state index contributed by atoms with van der Waals surface area (Å²) in [6.45, 7) is 2.74. The summed E-state index contributed by atoms with van der Waals surface area (Å²) in [6, 6.07) is 7.81. The number of hydrogen-bond acceptors (Lipinski definition) is 4. The molecule has 0 spiro atoms. The zero-order valence-corrected chi connectivity index (χ0v) is 10.1. The van der Waals surface area contributed by atoms with E-state index in [-0.39, 0.29) is 5.91 Å². The SMILES string of the molecule is O=C(NCC1CNC1)c1nc2ccccc2s1. The number of aromatic nitrogens is 1. The molecule has 0 unspecified atom stereocenters. The fourth-order valence-corrected chi connectivity index (χ4v) is 2.66. The molecule has 4 nitrogen and oxygen atoms in total. The van der Waals surface area contributed by atoms with Crippen LogP contribution in [0.5, 0.6) is 0 Å². The van der Waals surface area contributed by atoms with Gasteiger partial charge in [-0.25, -0.2) is 4.98 Å². The van der Waals surface area contributed by atoms with Gasteiger partial charge in [-0.2, -0.15) is 0 Å². The molecule has 2 heterocycles. The van der Waals surface area contributed by atoms with Gasteiger partial charge in [0.25, 0.3) is 5.91 Å². The number of nitrogens with one attached hydrogen (secondary N) is 2. The largest absolute Gasteiger partial charge is 0.350 e. The maximum absolute atomic E-state index is 11.9. The molecule has 1 fully saturated rings. The van der Waals surface area contributed by atoms with E-state index in [0.717, 1.165) is 29.9 Å². The average Bonchev–Trinajstić information content (AvgIpc) is 2.70. The van der Waals surface area contributed by atoms with Crippen molar-refractivity contribution in [1.82, 2.24) is 15.6 Å². The van der Waals surface area contributed by atoms with Gasteiger partial charge >= 0.3 is 0 Å². The number of fused-ring (bicyclic) bond motifs is 1. The van der Waals surface area contributed by atoms with Crippen molar-refractivity contribution in [3.05, 3.63) is 29.3 Å². The van der Waals surface area contributed by atoms with Crippen LogP contribution >= 0.6 is 11.3 Å². The number of nitrogens with zero attached hydrogens (tertiary/aromatic N) is 1. The molecule has 1 aromatic carbocycles. The van der Waals surface area contributed by atoms with Crippen molar-refractivity contribution in [2.75, 3.05) is 19.6 Å². The number of rotatable bonds is 3. The van der Waals surface area contributed by atoms with Crippen LogP contribution in [0, 0.1) is 5.92 Å². The molecule has 0 radical (unpaired) electrons. The van der Waals surface area contributed by atoms with E-state index in [0.29, 0.717) is 10.9 Å². The van der Waals surface area contributed by atoms with Crippen LogP contribution in [0.3, 0.4) is 0 Å². The molecule has 0 atom stereocenters. The number of carbonyl (C=O) groups excluding carboxylic acids is 1. The predicted octanol–water partition coefficient (Wildman–Crippen LogP) is 1.25. The molecule has 1 aliphatic rings. The van der Waals surface area contributed by atoms with Crippen molar-refractivity contribution >= 4 is 27.5 Å². The predicted molar refractivity (Wildman–Crippen MR) is 68.3 cm³/mol. The van der Waals surface area contributed by atoms with Crippen LogP contribution in [0.4, 0.5) is 0 Å². The van der Waals surface area contributed by atoms with E-state index in [2.05, 4.69) is 15.6 Å². The van der Waals surface area contributed by atoms with E-state index in [1.165, 1.54) is 11.3 Å². The third-order valence-corrected chi connectivity index (χ3v) is 3.94. The number of thiazole rings is 1. The summed E-state index contributed by atoms with van der Waals surface area (Å²) in [7, 11) is 0. The Hall–Kier alpha value is -1.46. The third-order valence-electron chi connectivity index (χ3n) is 2.91. The monoisotopic (exact) mass is 247 g/mol. The number of benzene rings is 1. The molecule has 17 heavy (non-hydrogen) atoms. The van der Waals surface area contributed by atoms with Gasteiger partial charge in [0.05, 0.1) is 10.2 Å². The maximum Gasteiger partial charge on any atom is 0.280 e. The van der Waals surface area contributed by atoms with Gasteiger partial charge in [-0.15, -0.1) is 11.3 Å². The number of carbonyl (C=O) groups is 1. The number of hydrogen-bond donors (Lipinski definition) is 2. The zero-order valence-electron chi connectivity index (χ0n) is 9.27. The van der Waals surface area contributed by atoms with E-state index in [4.69, 9.17) is 0 Å². The Balaban J connectivity index is 1.71. The molecule has 2 N–H and O–H groups in total. The highest BCUT2D eigenvalue weighted by molar-refractivity contribution is 7.20. The Kier molecular flexibility index (Phi) is 2.78. The summed E-state index contributed by atoms with van der Waals surface area (Å²) in [5.74, 6) is 0.520. The Bertz CT molecular complexity index is 514. The third kappa shape index (κ3) is 2.16. The summed E-state index contributed by atoms with van der Waals surface area (Å²) in [4.78, 5) is 16.2. The first-order valence-corrected chi connectivity index (χ1v) is 6.49. The fraction of sp³-hybridized carbons (Fsp3) is 0.333. The van der Waals surface area contributed by atoms with E-state index < -0.39 is 0 Å². The second kappa shape index (κ2) is 4.43. The first-order chi connectivity index (χ1) is 8.33. The van der Waals surface area contributed by atoms with Crippen molar-refractivity contribution in [2.24, 2.45) is 5.92 Å². The Morgan fingerprint density at radius 3 is 3.00 bits per heavy atom. The molecule has 3 rings (SSSR count). The minimum absolute atomic E-state index is 0.0573. The van der Waals surface area contributed by atoms with Crippen molar-refractivity contribution in [3.63, 3.8) is 0 Å². The average molecular weight is 247 g/mol. The summed E-state index contributed by atoms with van der Waals surface area (Å²) in [5, 5.41) is 6.67. The van der Waals surface area contributed by atoms with Crippen LogP contribution in [-0.4, -0.2) is 30.5 Å². The highest BCUT2D eigenvalue weighted by Crippen LogP contribution is 2.21. The summed E-state index contributed by atoms with van der Waals surface area (Å²) < 4.78 is 1.06. The number of para-hydroxylation sites is 1. The molecule has 0 aliphatic carbocycles. The molecule has 2 aromatic rings. The van der Waals surface area contributed by atoms with Gasteiger partial charge in [0.15, 0.2) is 5.01 Å². The Morgan fingerprint density at radius 2 is 2.29 bits per heavy atom. The molecule has 88 valence electrons. The van der Waals surface area contributed by atoms with Crippen molar-refractivity contribution in [3.8, 4) is 0 Å². The fourth-order valence-electron chi connectivity index (χ4n) is 1.77. The minimum Gasteiger partial charge on any atom is -0.350 e. The molecular formula is C12H13N3OS. The maximum atomic E-state index is 11.9. The first kappa shape index (κ1) is 10.7. The molecule has 1 amide bonds. The topological polar surface area (TPSA) is 54.0 Å². The molecule has 0 bridgehead atoms. The lowest BCUT2D eigenvalue weighted by Gasteiger charge is -2.26. The molecule has 0 saturated carbocycles. The number of amides is 1. The molecule has 5 heteroatoms. The summed E-state index contributed by atoms with van der Waals surface area (Å²) >= 11 is 1.44. The van der Waals surface area contributed by atoms with E-state index in [1.54, 1.807) is 0 Å². The van der Waals surface area contributed by atoms with Crippen molar-refractivity contribution in [2.45, 2.75) is 0 Å². The van der Waals surface area contributed by atoms with Crippen molar-refractivity contribution in [1.29, 1.82) is 0 Å². The van der Waals surface area contributed by atoms with Crippen LogP contribution in [-0.2, 0) is 0 Å². The van der Waals surface area contributed by atoms with Gasteiger partial charge < -0.3 is 10.6 Å². The normalized spacial score (nSPS) is 15.8. The van der Waals surface area contributed by atoms with Crippen LogP contribution in [0.15, 0.2) is 24.3 Å². The minimum atomic E-state index is -0.0573. The van der Waals surface area contributed by atoms with E-state index >= 15 is 0 Å². The zero-order chi connectivity index (χ0) is 11.7. The second-order valence-electron chi connectivity index (χ2n) is 4.22. The van der Waals surface area contributed by atoms with Crippen LogP contribution in [0.1, 0.15) is 9.80 Å². The van der Waals surface area contributed by atoms with Crippen LogP contribution in [0.2, 0.25) is 0 Å². The lowest BCUT2D eigenvalue weighted by atomic mass is 10.0. The quantitative estimate of drug-likeness (QED) is 0.858. The molecular weight excluding hydrogens is 234 g/mol. The smallest absolute Gasteiger partial charge is 0.280 e. The lowest BCUT2D eigenvalue weighted by Crippen LogP contribution is -2.48. The summed E-state index contributed by atoms with van der Waals surface area (Å²) in [6.07, 6.45) is 0. The van der Waals surface area contributed by atoms with Crippen LogP contribution < -0.4 is 10.6 Å². The first-order valence-electron chi connectivity index (χ1n) is 5.67. The molecule has 1 aromatic heterocycles. The van der Waals surface area contributed by atoms with Crippen LogP contribution in [0.25, 0.3) is 10.2 Å². The van der Waals surface area contributed by atoms with Gasteiger partial charge in [-0.3, -0.25) is 4.79 Å². The van der Waals surface area contributed by atoms with Gasteiger partial charge in [0.2, 0.25) is 0 Å². The second-order valence-corrected chi connectivity index (χ2v) is 5.25. The van der Waals surface area contributed by atoms with Gasteiger partial charge in [0, 0.05) is 25.6 Å².